The molecule has 1 aromatic heterocycles. The molecule has 1 atom stereocenters. The van der Waals surface area contributed by atoms with E-state index in [0.29, 0.717) is 23.6 Å². The highest BCUT2D eigenvalue weighted by atomic mass is 32.2. The quantitative estimate of drug-likeness (QED) is 0.474. The van der Waals surface area contributed by atoms with E-state index in [1.807, 2.05) is 0 Å². The van der Waals surface area contributed by atoms with Crippen LogP contribution in [0, 0.1) is 0 Å². The molecule has 0 bridgehead atoms. The lowest BCUT2D eigenvalue weighted by molar-refractivity contribution is 0.0679. The summed E-state index contributed by atoms with van der Waals surface area (Å²) >= 11 is 0. The number of ether oxygens (including phenoxy) is 3. The number of aromatic nitrogens is 2. The number of carbonyl (C=O) groups is 1. The average Bonchev–Trinajstić information content (AvgIpc) is 3.37. The Morgan fingerprint density at radius 1 is 1.09 bits per heavy atom. The lowest BCUT2D eigenvalue weighted by Gasteiger charge is -2.12. The molecule has 2 aromatic carbocycles. The van der Waals surface area contributed by atoms with Crippen LogP contribution in [0.25, 0.3) is 0 Å². The van der Waals surface area contributed by atoms with Gasteiger partial charge in [0, 0.05) is 30.3 Å². The van der Waals surface area contributed by atoms with Crippen molar-refractivity contribution in [2.75, 3.05) is 30.4 Å². The topological polar surface area (TPSA) is 129 Å². The molecule has 1 amide bonds. The van der Waals surface area contributed by atoms with E-state index in [1.165, 1.54) is 43.8 Å². The smallest absolute Gasteiger partial charge is 0.263 e. The molecule has 3 aromatic rings. The highest BCUT2D eigenvalue weighted by molar-refractivity contribution is 7.92. The molecule has 2 heterocycles. The van der Waals surface area contributed by atoms with Gasteiger partial charge >= 0.3 is 0 Å². The van der Waals surface area contributed by atoms with Gasteiger partial charge in [0.05, 0.1) is 18.1 Å². The van der Waals surface area contributed by atoms with Gasteiger partial charge in [0.2, 0.25) is 5.82 Å². The highest BCUT2D eigenvalue weighted by Gasteiger charge is 2.19. The zero-order valence-corrected chi connectivity index (χ0v) is 19.2. The first-order valence-electron chi connectivity index (χ1n) is 10.6. The van der Waals surface area contributed by atoms with E-state index in [0.717, 1.165) is 19.4 Å². The second-order valence-corrected chi connectivity index (χ2v) is 9.15. The Balaban J connectivity index is 1.35. The molecule has 1 saturated heterocycles. The van der Waals surface area contributed by atoms with Crippen LogP contribution in [0.1, 0.15) is 23.2 Å². The van der Waals surface area contributed by atoms with Crippen LogP contribution >= 0.6 is 0 Å². The number of hydrogen-bond donors (Lipinski definition) is 2. The Morgan fingerprint density at radius 3 is 2.50 bits per heavy atom. The third-order valence-electron chi connectivity index (χ3n) is 5.09. The number of benzene rings is 2. The number of nitrogens with one attached hydrogen (secondary N) is 2. The summed E-state index contributed by atoms with van der Waals surface area (Å²) < 4.78 is 43.9. The minimum Gasteiger partial charge on any atom is -0.491 e. The van der Waals surface area contributed by atoms with Gasteiger partial charge in [-0.1, -0.05) is 0 Å². The van der Waals surface area contributed by atoms with Gasteiger partial charge in [0.1, 0.15) is 12.4 Å². The van der Waals surface area contributed by atoms with Crippen molar-refractivity contribution in [1.82, 2.24) is 9.97 Å². The maximum atomic E-state index is 12.7. The summed E-state index contributed by atoms with van der Waals surface area (Å²) in [5.74, 6) is 0.362. The van der Waals surface area contributed by atoms with Crippen LogP contribution in [-0.2, 0) is 14.8 Å². The normalized spacial score (nSPS) is 15.5. The number of nitrogens with zero attached hydrogens (tertiary/aromatic N) is 2. The second kappa shape index (κ2) is 10.5. The Bertz CT molecular complexity index is 1230. The Kier molecular flexibility index (Phi) is 7.24. The van der Waals surface area contributed by atoms with Crippen LogP contribution in [0.2, 0.25) is 0 Å². The van der Waals surface area contributed by atoms with Crippen molar-refractivity contribution in [2.45, 2.75) is 23.8 Å². The van der Waals surface area contributed by atoms with E-state index < -0.39 is 10.0 Å². The van der Waals surface area contributed by atoms with Gasteiger partial charge in [0.25, 0.3) is 21.8 Å². The van der Waals surface area contributed by atoms with Crippen LogP contribution in [0.15, 0.2) is 65.8 Å². The maximum Gasteiger partial charge on any atom is 0.263 e. The third-order valence-corrected chi connectivity index (χ3v) is 6.44. The standard InChI is InChI=1S/C23H24N4O6S/c1-31-23-21(24-12-13-25-23)27-34(29,30)20-10-6-17(7-11-20)26-22(28)16-4-8-18(9-5-16)33-15-19-3-2-14-32-19/h4-13,19H,2-3,14-15H2,1H3,(H,24,27)(H,26,28). The molecule has 11 heteroatoms. The van der Waals surface area contributed by atoms with Crippen molar-refractivity contribution >= 4 is 27.4 Å². The first kappa shape index (κ1) is 23.5. The molecule has 1 aliphatic heterocycles. The van der Waals surface area contributed by atoms with Crippen LogP contribution < -0.4 is 19.5 Å². The number of carbonyl (C=O) groups excluding carboxylic acids is 1. The van der Waals surface area contributed by atoms with Crippen molar-refractivity contribution in [3.8, 4) is 11.6 Å². The van der Waals surface area contributed by atoms with E-state index in [-0.39, 0.29) is 28.6 Å². The Hall–Kier alpha value is -3.70. The second-order valence-electron chi connectivity index (χ2n) is 7.47. The fourth-order valence-electron chi connectivity index (χ4n) is 3.32. The molecule has 1 unspecified atom stereocenters. The number of rotatable bonds is 9. The highest BCUT2D eigenvalue weighted by Crippen LogP contribution is 2.23. The lowest BCUT2D eigenvalue weighted by atomic mass is 10.2. The third kappa shape index (κ3) is 5.80. The van der Waals surface area contributed by atoms with Gasteiger partial charge in [-0.2, -0.15) is 0 Å². The molecule has 4 rings (SSSR count). The summed E-state index contributed by atoms with van der Waals surface area (Å²) in [6.45, 7) is 1.26. The molecule has 34 heavy (non-hydrogen) atoms. The molecule has 0 radical (unpaired) electrons. The summed E-state index contributed by atoms with van der Waals surface area (Å²) in [6, 6.07) is 12.5. The predicted octanol–water partition coefficient (Wildman–Crippen LogP) is 3.10. The molecule has 10 nitrogen and oxygen atoms in total. The van der Waals surface area contributed by atoms with Gasteiger partial charge in [0.15, 0.2) is 0 Å². The van der Waals surface area contributed by atoms with Crippen molar-refractivity contribution in [2.24, 2.45) is 0 Å². The van der Waals surface area contributed by atoms with Crippen LogP contribution in [0.3, 0.4) is 0 Å². The Morgan fingerprint density at radius 2 is 1.82 bits per heavy atom. The molecule has 2 N–H and O–H groups in total. The first-order valence-corrected chi connectivity index (χ1v) is 12.1. The van der Waals surface area contributed by atoms with Crippen molar-refractivity contribution in [1.29, 1.82) is 0 Å². The SMILES string of the molecule is COc1nccnc1NS(=O)(=O)c1ccc(NC(=O)c2ccc(OCC3CCCO3)cc2)cc1. The summed E-state index contributed by atoms with van der Waals surface area (Å²) in [7, 11) is -2.56. The lowest BCUT2D eigenvalue weighted by Crippen LogP contribution is -2.16. The van der Waals surface area contributed by atoms with Crippen LogP contribution in [0.5, 0.6) is 11.6 Å². The summed E-state index contributed by atoms with van der Waals surface area (Å²) in [6.07, 6.45) is 4.90. The van der Waals surface area contributed by atoms with Gasteiger partial charge in [-0.05, 0) is 61.4 Å². The molecular weight excluding hydrogens is 460 g/mol. The number of anilines is 2. The molecule has 0 spiro atoms. The van der Waals surface area contributed by atoms with Crippen molar-refractivity contribution in [3.63, 3.8) is 0 Å². The maximum absolute atomic E-state index is 12.7. The number of amides is 1. The van der Waals surface area contributed by atoms with Crippen molar-refractivity contribution < 1.29 is 27.4 Å². The van der Waals surface area contributed by atoms with Gasteiger partial charge in [-0.25, -0.2) is 18.4 Å². The van der Waals surface area contributed by atoms with Gasteiger partial charge in [-0.15, -0.1) is 0 Å². The predicted molar refractivity (Wildman–Crippen MR) is 125 cm³/mol. The van der Waals surface area contributed by atoms with E-state index in [9.17, 15) is 13.2 Å². The molecular formula is C23H24N4O6S. The summed E-state index contributed by atoms with van der Waals surface area (Å²) in [5, 5.41) is 2.74. The molecule has 0 saturated carbocycles. The van der Waals surface area contributed by atoms with E-state index >= 15 is 0 Å². The minimum atomic E-state index is -3.93. The Labute approximate surface area is 197 Å². The molecule has 1 aliphatic rings. The summed E-state index contributed by atoms with van der Waals surface area (Å²) in [4.78, 5) is 20.4. The zero-order chi connectivity index (χ0) is 24.0. The fourth-order valence-corrected chi connectivity index (χ4v) is 4.33. The first-order chi connectivity index (χ1) is 16.4. The molecule has 178 valence electrons. The fraction of sp³-hybridized carbons (Fsp3) is 0.261. The van der Waals surface area contributed by atoms with E-state index in [1.54, 1.807) is 24.3 Å². The van der Waals surface area contributed by atoms with Crippen molar-refractivity contribution in [3.05, 3.63) is 66.5 Å². The van der Waals surface area contributed by atoms with Gasteiger partial charge < -0.3 is 19.5 Å². The molecule has 1 fully saturated rings. The minimum absolute atomic E-state index is 0.00838. The van der Waals surface area contributed by atoms with Crippen LogP contribution in [-0.4, -0.2) is 50.7 Å². The monoisotopic (exact) mass is 484 g/mol. The van der Waals surface area contributed by atoms with E-state index in [4.69, 9.17) is 14.2 Å². The largest absolute Gasteiger partial charge is 0.491 e. The zero-order valence-electron chi connectivity index (χ0n) is 18.4. The number of sulfonamides is 1. The average molecular weight is 485 g/mol. The van der Waals surface area contributed by atoms with Crippen LogP contribution in [0.4, 0.5) is 11.5 Å². The van der Waals surface area contributed by atoms with Gasteiger partial charge in [-0.3, -0.25) is 9.52 Å². The van der Waals surface area contributed by atoms with E-state index in [2.05, 4.69) is 20.0 Å². The number of hydrogen-bond acceptors (Lipinski definition) is 8. The summed E-state index contributed by atoms with van der Waals surface area (Å²) in [5.41, 5.74) is 0.886. The molecule has 0 aliphatic carbocycles. The number of methoxy groups -OCH3 is 1.